The van der Waals surface area contributed by atoms with E-state index in [9.17, 15) is 13.2 Å². The predicted octanol–water partition coefficient (Wildman–Crippen LogP) is 4.42. The Bertz CT molecular complexity index is 1320. The van der Waals surface area contributed by atoms with E-state index in [1.54, 1.807) is 36.4 Å². The van der Waals surface area contributed by atoms with Crippen molar-refractivity contribution in [3.63, 3.8) is 0 Å². The molecule has 0 spiro atoms. The Morgan fingerprint density at radius 3 is 2.25 bits per heavy atom. The minimum atomic E-state index is -3.89. The van der Waals surface area contributed by atoms with Crippen molar-refractivity contribution in [1.29, 1.82) is 0 Å². The summed E-state index contributed by atoms with van der Waals surface area (Å²) in [6.07, 6.45) is -0.977. The number of nitrogens with one attached hydrogen (secondary N) is 1. The molecule has 1 heterocycles. The van der Waals surface area contributed by atoms with Gasteiger partial charge in [0.2, 0.25) is 0 Å². The predicted molar refractivity (Wildman–Crippen MR) is 143 cm³/mol. The minimum Gasteiger partial charge on any atom is -0.476 e. The first-order valence-corrected chi connectivity index (χ1v) is 13.6. The van der Waals surface area contributed by atoms with Crippen molar-refractivity contribution >= 4 is 27.3 Å². The van der Waals surface area contributed by atoms with Crippen molar-refractivity contribution in [3.05, 3.63) is 83.4 Å². The highest BCUT2D eigenvalue weighted by atomic mass is 32.2. The Hall–Kier alpha value is -3.52. The van der Waals surface area contributed by atoms with Gasteiger partial charge in [0.1, 0.15) is 5.75 Å². The van der Waals surface area contributed by atoms with Gasteiger partial charge < -0.3 is 15.0 Å². The third-order valence-corrected chi connectivity index (χ3v) is 8.21. The van der Waals surface area contributed by atoms with Crippen molar-refractivity contribution in [2.24, 2.45) is 0 Å². The molecular weight excluding hydrogens is 474 g/mol. The van der Waals surface area contributed by atoms with Crippen LogP contribution in [0.3, 0.4) is 0 Å². The molecule has 7 nitrogen and oxygen atoms in total. The third-order valence-electron chi connectivity index (χ3n) is 6.42. The number of sulfonamides is 1. The number of nitrogens with zero attached hydrogens (tertiary/aromatic N) is 2. The molecular formula is C28H33N3O4S. The normalized spacial score (nSPS) is 15.1. The van der Waals surface area contributed by atoms with Gasteiger partial charge in [-0.2, -0.15) is 0 Å². The molecule has 3 aromatic carbocycles. The van der Waals surface area contributed by atoms with Crippen LogP contribution in [0.2, 0.25) is 0 Å². The summed E-state index contributed by atoms with van der Waals surface area (Å²) in [4.78, 5) is 15.5. The number of aryl methyl sites for hydroxylation is 2. The molecule has 1 unspecified atom stereocenters. The lowest BCUT2D eigenvalue weighted by Gasteiger charge is -2.35. The maximum Gasteiger partial charge on any atom is 0.264 e. The number of benzene rings is 3. The van der Waals surface area contributed by atoms with Crippen LogP contribution in [0, 0.1) is 13.8 Å². The third kappa shape index (κ3) is 5.33. The highest BCUT2D eigenvalue weighted by molar-refractivity contribution is 7.92. The molecule has 0 radical (unpaired) electrons. The first-order chi connectivity index (χ1) is 17.2. The first-order valence-electron chi connectivity index (χ1n) is 12.2. The number of rotatable bonds is 8. The van der Waals surface area contributed by atoms with Gasteiger partial charge in [-0.15, -0.1) is 0 Å². The molecule has 1 atom stereocenters. The molecule has 0 saturated carbocycles. The van der Waals surface area contributed by atoms with E-state index in [-0.39, 0.29) is 17.3 Å². The number of hydrogen-bond acceptors (Lipinski definition) is 5. The van der Waals surface area contributed by atoms with Crippen LogP contribution in [0.4, 0.5) is 11.4 Å². The average molecular weight is 508 g/mol. The maximum absolute atomic E-state index is 13.6. The summed E-state index contributed by atoms with van der Waals surface area (Å²) in [6.45, 7) is 10.1. The van der Waals surface area contributed by atoms with Gasteiger partial charge in [-0.05, 0) is 75.2 Å². The quantitative estimate of drug-likeness (QED) is 0.488. The second-order valence-electron chi connectivity index (χ2n) is 8.98. The highest BCUT2D eigenvalue weighted by Crippen LogP contribution is 2.37. The number of hydrogen-bond donors (Lipinski definition) is 1. The molecule has 1 aliphatic rings. The van der Waals surface area contributed by atoms with Crippen LogP contribution in [-0.4, -0.2) is 40.1 Å². The smallest absolute Gasteiger partial charge is 0.264 e. The van der Waals surface area contributed by atoms with Crippen LogP contribution < -0.4 is 19.3 Å². The van der Waals surface area contributed by atoms with Gasteiger partial charge in [0.05, 0.1) is 17.1 Å². The van der Waals surface area contributed by atoms with Crippen molar-refractivity contribution in [2.75, 3.05) is 28.8 Å². The summed E-state index contributed by atoms with van der Waals surface area (Å²) in [5.41, 5.74) is 4.39. The van der Waals surface area contributed by atoms with E-state index in [1.807, 2.05) is 44.2 Å². The molecule has 8 heteroatoms. The fraction of sp³-hybridized carbons (Fsp3) is 0.321. The van der Waals surface area contributed by atoms with Gasteiger partial charge in [0.25, 0.3) is 15.9 Å². The zero-order valence-electron chi connectivity index (χ0n) is 21.2. The van der Waals surface area contributed by atoms with E-state index >= 15 is 0 Å². The second-order valence-corrected chi connectivity index (χ2v) is 10.8. The number of carbonyl (C=O) groups excluding carboxylic acids is 1. The molecule has 36 heavy (non-hydrogen) atoms. The van der Waals surface area contributed by atoms with Gasteiger partial charge in [-0.1, -0.05) is 35.9 Å². The van der Waals surface area contributed by atoms with E-state index in [0.29, 0.717) is 18.0 Å². The maximum atomic E-state index is 13.6. The van der Waals surface area contributed by atoms with Crippen molar-refractivity contribution < 1.29 is 17.9 Å². The number of anilines is 2. The van der Waals surface area contributed by atoms with E-state index < -0.39 is 16.1 Å². The molecule has 1 aliphatic heterocycles. The average Bonchev–Trinajstić information content (AvgIpc) is 2.88. The molecule has 0 bridgehead atoms. The van der Waals surface area contributed by atoms with Crippen LogP contribution in [0.25, 0.3) is 0 Å². The van der Waals surface area contributed by atoms with Gasteiger partial charge in [0.15, 0.2) is 6.10 Å². The SMILES string of the molecule is CCN(CC)c1ccc(CNC(=O)C2CN(S(=O)(=O)c3ccc(C)cc3)c3cc(C)ccc3O2)cc1. The zero-order valence-corrected chi connectivity index (χ0v) is 22.0. The van der Waals surface area contributed by atoms with Crippen molar-refractivity contribution in [2.45, 2.75) is 45.2 Å². The Labute approximate surface area is 213 Å². The molecule has 0 aromatic heterocycles. The zero-order chi connectivity index (χ0) is 25.9. The summed E-state index contributed by atoms with van der Waals surface area (Å²) < 4.78 is 34.4. The summed E-state index contributed by atoms with van der Waals surface area (Å²) in [7, 11) is -3.89. The standard InChI is InChI=1S/C28H33N3O4S/c1-5-30(6-2)23-12-10-22(11-13-23)18-29-28(32)27-19-31(25-17-21(4)9-16-26(25)35-27)36(33,34)24-14-7-20(3)8-15-24/h7-17,27H,5-6,18-19H2,1-4H3,(H,29,32). The second kappa shape index (κ2) is 10.6. The van der Waals surface area contributed by atoms with Crippen LogP contribution >= 0.6 is 0 Å². The Morgan fingerprint density at radius 2 is 1.61 bits per heavy atom. The number of amides is 1. The van der Waals surface area contributed by atoms with E-state index in [2.05, 4.69) is 24.1 Å². The van der Waals surface area contributed by atoms with Gasteiger partial charge in [0, 0.05) is 25.3 Å². The molecule has 0 saturated heterocycles. The molecule has 1 amide bonds. The van der Waals surface area contributed by atoms with Gasteiger partial charge in [-0.25, -0.2) is 8.42 Å². The van der Waals surface area contributed by atoms with Crippen LogP contribution in [0.5, 0.6) is 5.75 Å². The minimum absolute atomic E-state index is 0.112. The summed E-state index contributed by atoms with van der Waals surface area (Å²) in [5, 5.41) is 2.91. The number of fused-ring (bicyclic) bond motifs is 1. The van der Waals surface area contributed by atoms with E-state index in [1.165, 1.54) is 4.31 Å². The fourth-order valence-corrected chi connectivity index (χ4v) is 5.75. The van der Waals surface area contributed by atoms with Gasteiger partial charge >= 0.3 is 0 Å². The summed E-state index contributed by atoms with van der Waals surface area (Å²) >= 11 is 0. The van der Waals surface area contributed by atoms with Crippen LogP contribution in [0.1, 0.15) is 30.5 Å². The van der Waals surface area contributed by atoms with Crippen molar-refractivity contribution in [3.8, 4) is 5.75 Å². The highest BCUT2D eigenvalue weighted by Gasteiger charge is 2.37. The first kappa shape index (κ1) is 25.6. The number of carbonyl (C=O) groups is 1. The monoisotopic (exact) mass is 507 g/mol. The Morgan fingerprint density at radius 1 is 0.972 bits per heavy atom. The molecule has 190 valence electrons. The van der Waals surface area contributed by atoms with Crippen molar-refractivity contribution in [1.82, 2.24) is 5.32 Å². The fourth-order valence-electron chi connectivity index (χ4n) is 4.28. The molecule has 4 rings (SSSR count). The molecule has 0 fully saturated rings. The largest absolute Gasteiger partial charge is 0.476 e. The molecule has 1 N–H and O–H groups in total. The Kier molecular flexibility index (Phi) is 7.54. The lowest BCUT2D eigenvalue weighted by molar-refractivity contribution is -0.127. The van der Waals surface area contributed by atoms with Crippen LogP contribution in [-0.2, 0) is 21.4 Å². The lowest BCUT2D eigenvalue weighted by Crippen LogP contribution is -2.50. The van der Waals surface area contributed by atoms with E-state index in [4.69, 9.17) is 4.74 Å². The number of ether oxygens (including phenoxy) is 1. The molecule has 0 aliphatic carbocycles. The molecule has 3 aromatic rings. The Balaban J connectivity index is 1.53. The lowest BCUT2D eigenvalue weighted by atomic mass is 10.1. The topological polar surface area (TPSA) is 79.0 Å². The van der Waals surface area contributed by atoms with Crippen LogP contribution in [0.15, 0.2) is 71.6 Å². The summed E-state index contributed by atoms with van der Waals surface area (Å²) in [6, 6.07) is 20.1. The van der Waals surface area contributed by atoms with Gasteiger partial charge in [-0.3, -0.25) is 9.10 Å². The van der Waals surface area contributed by atoms with E-state index in [0.717, 1.165) is 35.5 Å². The summed E-state index contributed by atoms with van der Waals surface area (Å²) in [5.74, 6) is 0.00409.